The van der Waals surface area contributed by atoms with Crippen molar-refractivity contribution >= 4 is 63.7 Å². The summed E-state index contributed by atoms with van der Waals surface area (Å²) in [6.45, 7) is 0.323. The van der Waals surface area contributed by atoms with Crippen LogP contribution in [0.15, 0.2) is 98.7 Å². The number of hydrogen-bond donors (Lipinski definition) is 0. The molecule has 5 heteroatoms. The first kappa shape index (κ1) is 15.3. The third kappa shape index (κ3) is 1.86. The number of rotatable bonds is 1. The summed E-state index contributed by atoms with van der Waals surface area (Å²) in [5.74, 6) is 0. The largest absolute Gasteiger partial charge is 0.311 e. The Bertz CT molecular complexity index is 1210. The van der Waals surface area contributed by atoms with Gasteiger partial charge in [-0.05, 0) is 64.9 Å². The molecule has 0 aliphatic carbocycles. The number of anilines is 3. The van der Waals surface area contributed by atoms with Crippen LogP contribution in [-0.4, -0.2) is 11.7 Å². The topological polar surface area (TPSA) is 16.1 Å². The van der Waals surface area contributed by atoms with Gasteiger partial charge in [0.25, 0.3) is 6.71 Å². The van der Waals surface area contributed by atoms with Crippen LogP contribution >= 0.6 is 23.5 Å². The second-order valence-corrected chi connectivity index (χ2v) is 9.39. The lowest BCUT2D eigenvalue weighted by Gasteiger charge is -2.43. The van der Waals surface area contributed by atoms with E-state index >= 15 is 0 Å². The van der Waals surface area contributed by atoms with Crippen LogP contribution in [0.2, 0.25) is 0 Å². The fourth-order valence-electron chi connectivity index (χ4n) is 4.77. The zero-order valence-electron chi connectivity index (χ0n) is 14.8. The molecule has 0 fully saturated rings. The summed E-state index contributed by atoms with van der Waals surface area (Å²) in [4.78, 5) is 12.2. The van der Waals surface area contributed by atoms with E-state index in [4.69, 9.17) is 0 Å². The van der Waals surface area contributed by atoms with Crippen LogP contribution < -0.4 is 21.3 Å². The van der Waals surface area contributed by atoms with Gasteiger partial charge in [0.1, 0.15) is 0 Å². The van der Waals surface area contributed by atoms with Crippen LogP contribution in [0.4, 0.5) is 17.1 Å². The summed E-state index contributed by atoms with van der Waals surface area (Å²) >= 11 is 3.83. The van der Waals surface area contributed by atoms with Gasteiger partial charge in [0.15, 0.2) is 0 Å². The first-order valence-corrected chi connectivity index (χ1v) is 11.0. The van der Waals surface area contributed by atoms with Gasteiger partial charge in [-0.3, -0.25) is 4.98 Å². The number of pyridine rings is 1. The Kier molecular flexibility index (Phi) is 2.99. The molecule has 0 radical (unpaired) electrons. The van der Waals surface area contributed by atoms with Crippen LogP contribution in [0.25, 0.3) is 0 Å². The van der Waals surface area contributed by atoms with E-state index < -0.39 is 0 Å². The molecule has 130 valence electrons. The molecular weight excluding hydrogens is 379 g/mol. The van der Waals surface area contributed by atoms with Crippen LogP contribution in [0.5, 0.6) is 0 Å². The molecule has 3 aromatic carbocycles. The second kappa shape index (κ2) is 5.46. The molecule has 4 heterocycles. The maximum Gasteiger partial charge on any atom is 0.252 e. The highest BCUT2D eigenvalue weighted by Gasteiger charge is 2.45. The molecule has 3 aliphatic heterocycles. The van der Waals surface area contributed by atoms with Crippen molar-refractivity contribution in [3.63, 3.8) is 0 Å². The molecule has 0 amide bonds. The highest BCUT2D eigenvalue weighted by atomic mass is 32.2. The number of nitrogens with zero attached hydrogens (tertiary/aromatic N) is 2. The van der Waals surface area contributed by atoms with Crippen molar-refractivity contribution in [2.75, 3.05) is 4.90 Å². The van der Waals surface area contributed by atoms with Crippen LogP contribution in [-0.2, 0) is 0 Å². The molecule has 2 nitrogen and oxygen atoms in total. The Morgan fingerprint density at radius 3 is 1.68 bits per heavy atom. The maximum absolute atomic E-state index is 4.23. The van der Waals surface area contributed by atoms with E-state index in [9.17, 15) is 0 Å². The standard InChI is InChI=1S/C23H13BN2S2/c1-4-15-21-17(6-1)27-19-8-3-9-20-23(19)24(21)22-16(5-2-7-18(22)28-20)26(15)14-10-12-25-13-11-14/h1-13H. The Morgan fingerprint density at radius 2 is 1.11 bits per heavy atom. The quantitative estimate of drug-likeness (QED) is 0.387. The van der Waals surface area contributed by atoms with E-state index in [0.29, 0.717) is 6.71 Å². The monoisotopic (exact) mass is 392 g/mol. The third-order valence-corrected chi connectivity index (χ3v) is 8.12. The van der Waals surface area contributed by atoms with Crippen molar-refractivity contribution in [3.8, 4) is 0 Å². The van der Waals surface area contributed by atoms with E-state index in [1.54, 1.807) is 0 Å². The van der Waals surface area contributed by atoms with Gasteiger partial charge >= 0.3 is 0 Å². The molecule has 0 saturated carbocycles. The Labute approximate surface area is 172 Å². The molecule has 0 spiro atoms. The number of aromatic nitrogens is 1. The summed E-state index contributed by atoms with van der Waals surface area (Å²) < 4.78 is 0. The molecule has 28 heavy (non-hydrogen) atoms. The molecule has 0 N–H and O–H groups in total. The fraction of sp³-hybridized carbons (Fsp3) is 0. The first-order valence-electron chi connectivity index (χ1n) is 9.35. The lowest BCUT2D eigenvalue weighted by molar-refractivity contribution is 1.22. The number of hydrogen-bond acceptors (Lipinski definition) is 4. The minimum Gasteiger partial charge on any atom is -0.311 e. The van der Waals surface area contributed by atoms with Crippen molar-refractivity contribution < 1.29 is 0 Å². The summed E-state index contributed by atoms with van der Waals surface area (Å²) in [5, 5.41) is 0. The third-order valence-electron chi connectivity index (χ3n) is 5.82. The van der Waals surface area contributed by atoms with Crippen molar-refractivity contribution in [3.05, 3.63) is 79.1 Å². The zero-order chi connectivity index (χ0) is 18.2. The van der Waals surface area contributed by atoms with Gasteiger partial charge < -0.3 is 4.90 Å². The molecule has 0 atom stereocenters. The molecule has 3 aliphatic rings. The Hall–Kier alpha value is -2.63. The van der Waals surface area contributed by atoms with Gasteiger partial charge in [0.2, 0.25) is 0 Å². The summed E-state index contributed by atoms with van der Waals surface area (Å²) in [5.41, 5.74) is 8.13. The van der Waals surface area contributed by atoms with Gasteiger partial charge in [-0.2, -0.15) is 0 Å². The normalized spacial score (nSPS) is 14.7. The van der Waals surface area contributed by atoms with Crippen molar-refractivity contribution in [2.24, 2.45) is 0 Å². The summed E-state index contributed by atoms with van der Waals surface area (Å²) in [6, 6.07) is 24.4. The van der Waals surface area contributed by atoms with Crippen molar-refractivity contribution in [2.45, 2.75) is 19.6 Å². The average molecular weight is 392 g/mol. The molecule has 1 aromatic heterocycles. The maximum atomic E-state index is 4.23. The predicted octanol–water partition coefficient (Wildman–Crippen LogP) is 4.31. The smallest absolute Gasteiger partial charge is 0.252 e. The lowest BCUT2D eigenvalue weighted by Crippen LogP contribution is -2.62. The van der Waals surface area contributed by atoms with E-state index in [0.717, 1.165) is 5.69 Å². The van der Waals surface area contributed by atoms with E-state index in [2.05, 4.69) is 76.6 Å². The molecule has 0 unspecified atom stereocenters. The van der Waals surface area contributed by atoms with Gasteiger partial charge in [0.05, 0.1) is 0 Å². The highest BCUT2D eigenvalue weighted by Crippen LogP contribution is 2.46. The number of benzene rings is 3. The van der Waals surface area contributed by atoms with Gasteiger partial charge in [-0.1, -0.05) is 41.7 Å². The van der Waals surface area contributed by atoms with E-state index in [1.165, 1.54) is 47.3 Å². The first-order chi connectivity index (χ1) is 13.9. The predicted molar refractivity (Wildman–Crippen MR) is 118 cm³/mol. The summed E-state index contributed by atoms with van der Waals surface area (Å²) in [6.07, 6.45) is 3.76. The van der Waals surface area contributed by atoms with E-state index in [-0.39, 0.29) is 0 Å². The van der Waals surface area contributed by atoms with Gasteiger partial charge in [-0.15, -0.1) is 0 Å². The van der Waals surface area contributed by atoms with Crippen LogP contribution in [0.3, 0.4) is 0 Å². The Balaban J connectivity index is 1.63. The molecular formula is C23H13BN2S2. The van der Waals surface area contributed by atoms with Crippen LogP contribution in [0.1, 0.15) is 0 Å². The lowest BCUT2D eigenvalue weighted by atomic mass is 9.34. The van der Waals surface area contributed by atoms with Crippen LogP contribution in [0, 0.1) is 0 Å². The van der Waals surface area contributed by atoms with Gasteiger partial charge in [0, 0.05) is 49.0 Å². The Morgan fingerprint density at radius 1 is 0.607 bits per heavy atom. The molecule has 0 bridgehead atoms. The van der Waals surface area contributed by atoms with Crippen molar-refractivity contribution in [1.82, 2.24) is 4.98 Å². The van der Waals surface area contributed by atoms with Gasteiger partial charge in [-0.25, -0.2) is 0 Å². The minimum absolute atomic E-state index is 0.323. The minimum atomic E-state index is 0.323. The highest BCUT2D eigenvalue weighted by molar-refractivity contribution is 8.01. The molecule has 4 aromatic rings. The second-order valence-electron chi connectivity index (χ2n) is 7.22. The molecule has 0 saturated heterocycles. The summed E-state index contributed by atoms with van der Waals surface area (Å²) in [7, 11) is 0. The fourth-order valence-corrected chi connectivity index (χ4v) is 7.24. The molecule has 7 rings (SSSR count). The average Bonchev–Trinajstić information content (AvgIpc) is 2.75. The SMILES string of the molecule is c1cc2c3c(c1)Sc1cccc4c1B3c1c(cccc1N4c1ccncc1)S2. The van der Waals surface area contributed by atoms with Crippen molar-refractivity contribution in [1.29, 1.82) is 0 Å². The zero-order valence-corrected chi connectivity index (χ0v) is 16.4. The van der Waals surface area contributed by atoms with E-state index in [1.807, 2.05) is 35.9 Å².